The summed E-state index contributed by atoms with van der Waals surface area (Å²) in [7, 11) is 0. The van der Waals surface area contributed by atoms with Gasteiger partial charge in [0.05, 0.1) is 0 Å². The summed E-state index contributed by atoms with van der Waals surface area (Å²) in [5, 5.41) is 12.4. The maximum absolute atomic E-state index is 13.1. The van der Waals surface area contributed by atoms with Gasteiger partial charge in [0.2, 0.25) is 0 Å². The van der Waals surface area contributed by atoms with Crippen LogP contribution in [0.1, 0.15) is 17.4 Å². The van der Waals surface area contributed by atoms with Crippen LogP contribution in [0.4, 0.5) is 4.39 Å². The number of carbonyl (C=O) groups is 1. The van der Waals surface area contributed by atoms with Crippen LogP contribution in [0.2, 0.25) is 0 Å². The van der Waals surface area contributed by atoms with Crippen molar-refractivity contribution in [1.82, 2.24) is 10.3 Å². The molecular weight excluding hydrogens is 247 g/mol. The SMILES string of the molecule is CCNC(=O)c1ncc(-c2cccc(F)c2)cc1O. The van der Waals surface area contributed by atoms with E-state index in [1.165, 1.54) is 24.4 Å². The fourth-order valence-electron chi connectivity index (χ4n) is 1.70. The molecule has 1 heterocycles. The van der Waals surface area contributed by atoms with Crippen molar-refractivity contribution >= 4 is 5.91 Å². The largest absolute Gasteiger partial charge is 0.505 e. The van der Waals surface area contributed by atoms with Crippen molar-refractivity contribution in [2.45, 2.75) is 6.92 Å². The second-order valence-corrected chi connectivity index (χ2v) is 3.96. The lowest BCUT2D eigenvalue weighted by atomic mass is 10.1. The first-order chi connectivity index (χ1) is 9.11. The predicted octanol–water partition coefficient (Wildman–Crippen LogP) is 2.34. The second kappa shape index (κ2) is 5.48. The van der Waals surface area contributed by atoms with E-state index < -0.39 is 5.91 Å². The molecule has 0 aliphatic heterocycles. The van der Waals surface area contributed by atoms with Crippen molar-refractivity contribution in [3.05, 3.63) is 48.0 Å². The smallest absolute Gasteiger partial charge is 0.273 e. The molecular formula is C14H13FN2O2. The monoisotopic (exact) mass is 260 g/mol. The van der Waals surface area contributed by atoms with Crippen LogP contribution in [-0.4, -0.2) is 22.5 Å². The van der Waals surface area contributed by atoms with E-state index in [2.05, 4.69) is 10.3 Å². The molecule has 2 N–H and O–H groups in total. The highest BCUT2D eigenvalue weighted by molar-refractivity contribution is 5.95. The Bertz CT molecular complexity index is 614. The standard InChI is InChI=1S/C14H13FN2O2/c1-2-16-14(19)13-12(18)7-10(8-17-13)9-4-3-5-11(15)6-9/h3-8,18H,2H2,1H3,(H,16,19). The number of aromatic nitrogens is 1. The van der Waals surface area contributed by atoms with Gasteiger partial charge in [0, 0.05) is 18.3 Å². The van der Waals surface area contributed by atoms with Crippen LogP contribution in [0.25, 0.3) is 11.1 Å². The molecule has 5 heteroatoms. The van der Waals surface area contributed by atoms with Gasteiger partial charge in [0.25, 0.3) is 5.91 Å². The molecule has 0 atom stereocenters. The fourth-order valence-corrected chi connectivity index (χ4v) is 1.70. The van der Waals surface area contributed by atoms with Crippen LogP contribution >= 0.6 is 0 Å². The lowest BCUT2D eigenvalue weighted by Gasteiger charge is -2.06. The van der Waals surface area contributed by atoms with Crippen LogP contribution in [0.15, 0.2) is 36.5 Å². The molecule has 0 saturated heterocycles. The molecule has 2 aromatic rings. The minimum atomic E-state index is -0.439. The summed E-state index contributed by atoms with van der Waals surface area (Å²) in [6.07, 6.45) is 1.43. The normalized spacial score (nSPS) is 10.2. The van der Waals surface area contributed by atoms with E-state index in [1.807, 2.05) is 0 Å². The van der Waals surface area contributed by atoms with Gasteiger partial charge < -0.3 is 10.4 Å². The summed E-state index contributed by atoms with van der Waals surface area (Å²) < 4.78 is 13.1. The third-order valence-corrected chi connectivity index (χ3v) is 2.58. The average Bonchev–Trinajstić information content (AvgIpc) is 2.38. The summed E-state index contributed by atoms with van der Waals surface area (Å²) in [5.41, 5.74) is 1.09. The minimum Gasteiger partial charge on any atom is -0.505 e. The Labute approximate surface area is 109 Å². The van der Waals surface area contributed by atoms with Crippen LogP contribution in [0.3, 0.4) is 0 Å². The summed E-state index contributed by atoms with van der Waals surface area (Å²) >= 11 is 0. The lowest BCUT2D eigenvalue weighted by molar-refractivity contribution is 0.0948. The topological polar surface area (TPSA) is 62.2 Å². The van der Waals surface area contributed by atoms with E-state index in [9.17, 15) is 14.3 Å². The number of amides is 1. The van der Waals surface area contributed by atoms with Gasteiger partial charge in [-0.25, -0.2) is 9.37 Å². The molecule has 0 saturated carbocycles. The number of carbonyl (C=O) groups excluding carboxylic acids is 1. The van der Waals surface area contributed by atoms with Gasteiger partial charge in [-0.2, -0.15) is 0 Å². The summed E-state index contributed by atoms with van der Waals surface area (Å²) in [6, 6.07) is 7.33. The Balaban J connectivity index is 2.36. The number of rotatable bonds is 3. The molecule has 1 amide bonds. The van der Waals surface area contributed by atoms with Crippen molar-refractivity contribution in [2.24, 2.45) is 0 Å². The van der Waals surface area contributed by atoms with E-state index in [-0.39, 0.29) is 17.3 Å². The highest BCUT2D eigenvalue weighted by Crippen LogP contribution is 2.25. The van der Waals surface area contributed by atoms with Crippen molar-refractivity contribution in [1.29, 1.82) is 0 Å². The molecule has 0 radical (unpaired) electrons. The Kier molecular flexibility index (Phi) is 3.75. The molecule has 19 heavy (non-hydrogen) atoms. The molecule has 0 fully saturated rings. The third-order valence-electron chi connectivity index (χ3n) is 2.58. The lowest BCUT2D eigenvalue weighted by Crippen LogP contribution is -2.23. The molecule has 1 aromatic carbocycles. The predicted molar refractivity (Wildman–Crippen MR) is 69.3 cm³/mol. The number of pyridine rings is 1. The third kappa shape index (κ3) is 2.88. The first-order valence-electron chi connectivity index (χ1n) is 5.85. The molecule has 1 aromatic heterocycles. The summed E-state index contributed by atoms with van der Waals surface area (Å²) in [4.78, 5) is 15.5. The van der Waals surface area contributed by atoms with Crippen molar-refractivity contribution in [2.75, 3.05) is 6.54 Å². The molecule has 0 aliphatic rings. The van der Waals surface area contributed by atoms with E-state index in [4.69, 9.17) is 0 Å². The van der Waals surface area contributed by atoms with E-state index in [0.29, 0.717) is 17.7 Å². The minimum absolute atomic E-state index is 0.0398. The Morgan fingerprint density at radius 2 is 2.16 bits per heavy atom. The zero-order valence-electron chi connectivity index (χ0n) is 10.4. The zero-order chi connectivity index (χ0) is 13.8. The highest BCUT2D eigenvalue weighted by Gasteiger charge is 2.13. The number of benzene rings is 1. The van der Waals surface area contributed by atoms with E-state index in [1.54, 1.807) is 19.1 Å². The molecule has 4 nitrogen and oxygen atoms in total. The Morgan fingerprint density at radius 1 is 1.37 bits per heavy atom. The van der Waals surface area contributed by atoms with Gasteiger partial charge in [-0.1, -0.05) is 12.1 Å². The number of nitrogens with one attached hydrogen (secondary N) is 1. The summed E-state index contributed by atoms with van der Waals surface area (Å²) in [6.45, 7) is 2.22. The van der Waals surface area contributed by atoms with Crippen molar-refractivity contribution in [3.8, 4) is 16.9 Å². The molecule has 0 aliphatic carbocycles. The van der Waals surface area contributed by atoms with Gasteiger partial charge in [0.15, 0.2) is 5.69 Å². The number of halogens is 1. The number of hydrogen-bond acceptors (Lipinski definition) is 3. The number of aromatic hydroxyl groups is 1. The van der Waals surface area contributed by atoms with Gasteiger partial charge in [0.1, 0.15) is 11.6 Å². The number of hydrogen-bond donors (Lipinski definition) is 2. The quantitative estimate of drug-likeness (QED) is 0.890. The van der Waals surface area contributed by atoms with Gasteiger partial charge in [-0.15, -0.1) is 0 Å². The summed E-state index contributed by atoms with van der Waals surface area (Å²) in [5.74, 6) is -1.04. The van der Waals surface area contributed by atoms with Crippen LogP contribution in [0.5, 0.6) is 5.75 Å². The maximum Gasteiger partial charge on any atom is 0.273 e. The Hall–Kier alpha value is -2.43. The van der Waals surface area contributed by atoms with Crippen molar-refractivity contribution < 1.29 is 14.3 Å². The molecule has 2 rings (SSSR count). The molecule has 0 unspecified atom stereocenters. The van der Waals surface area contributed by atoms with E-state index in [0.717, 1.165) is 0 Å². The molecule has 0 spiro atoms. The van der Waals surface area contributed by atoms with Gasteiger partial charge >= 0.3 is 0 Å². The van der Waals surface area contributed by atoms with Gasteiger partial charge in [-0.3, -0.25) is 4.79 Å². The van der Waals surface area contributed by atoms with Crippen LogP contribution in [-0.2, 0) is 0 Å². The first-order valence-corrected chi connectivity index (χ1v) is 5.85. The molecule has 98 valence electrons. The molecule has 0 bridgehead atoms. The van der Waals surface area contributed by atoms with Gasteiger partial charge in [-0.05, 0) is 30.7 Å². The highest BCUT2D eigenvalue weighted by atomic mass is 19.1. The number of nitrogens with zero attached hydrogens (tertiary/aromatic N) is 1. The average molecular weight is 260 g/mol. The van der Waals surface area contributed by atoms with Crippen LogP contribution in [0, 0.1) is 5.82 Å². The second-order valence-electron chi connectivity index (χ2n) is 3.96. The maximum atomic E-state index is 13.1. The Morgan fingerprint density at radius 3 is 2.79 bits per heavy atom. The first kappa shape index (κ1) is 13.0. The van der Waals surface area contributed by atoms with E-state index >= 15 is 0 Å². The fraction of sp³-hybridized carbons (Fsp3) is 0.143. The zero-order valence-corrected chi connectivity index (χ0v) is 10.4. The van der Waals surface area contributed by atoms with Crippen molar-refractivity contribution in [3.63, 3.8) is 0 Å². The van der Waals surface area contributed by atoms with Crippen LogP contribution < -0.4 is 5.32 Å².